The Morgan fingerprint density at radius 3 is 2.55 bits per heavy atom. The minimum Gasteiger partial charge on any atom is -0.469 e. The van der Waals surface area contributed by atoms with Gasteiger partial charge in [0.2, 0.25) is 0 Å². The van der Waals surface area contributed by atoms with Crippen molar-refractivity contribution in [2.75, 3.05) is 20.8 Å². The van der Waals surface area contributed by atoms with Gasteiger partial charge in [0.05, 0.1) is 37.7 Å². The summed E-state index contributed by atoms with van der Waals surface area (Å²) in [6.45, 7) is 5.01. The van der Waals surface area contributed by atoms with Gasteiger partial charge >= 0.3 is 12.1 Å². The van der Waals surface area contributed by atoms with Crippen molar-refractivity contribution in [3.63, 3.8) is 0 Å². The molecule has 1 saturated carbocycles. The molecule has 3 aromatic rings. The van der Waals surface area contributed by atoms with E-state index >= 15 is 0 Å². The van der Waals surface area contributed by atoms with Gasteiger partial charge in [0.15, 0.2) is 0 Å². The van der Waals surface area contributed by atoms with E-state index in [1.807, 2.05) is 12.1 Å². The largest absolute Gasteiger partial charge is 0.469 e. The van der Waals surface area contributed by atoms with Gasteiger partial charge in [-0.25, -0.2) is 14.2 Å². The van der Waals surface area contributed by atoms with E-state index in [1.54, 1.807) is 17.9 Å². The Kier molecular flexibility index (Phi) is 7.41. The van der Waals surface area contributed by atoms with Crippen LogP contribution < -0.4 is 0 Å². The summed E-state index contributed by atoms with van der Waals surface area (Å²) in [5, 5.41) is 0. The quantitative estimate of drug-likeness (QED) is 0.393. The zero-order valence-corrected chi connectivity index (χ0v) is 22.6. The molecule has 1 unspecified atom stereocenters. The van der Waals surface area contributed by atoms with Crippen molar-refractivity contribution in [1.82, 2.24) is 14.5 Å². The third-order valence-electron chi connectivity index (χ3n) is 8.36. The highest BCUT2D eigenvalue weighted by Gasteiger charge is 2.33. The normalized spacial score (nSPS) is 20.2. The number of amides is 1. The number of methoxy groups -OCH3 is 2. The molecule has 0 saturated heterocycles. The maximum absolute atomic E-state index is 14.3. The molecule has 0 radical (unpaired) electrons. The van der Waals surface area contributed by atoms with Gasteiger partial charge in [-0.2, -0.15) is 0 Å². The number of halogens is 1. The first-order valence-electron chi connectivity index (χ1n) is 13.5. The molecule has 7 nitrogen and oxygen atoms in total. The predicted molar refractivity (Wildman–Crippen MR) is 143 cm³/mol. The highest BCUT2D eigenvalue weighted by molar-refractivity contribution is 5.82. The summed E-state index contributed by atoms with van der Waals surface area (Å²) in [5.74, 6) is 0.819. The molecule has 1 aliphatic carbocycles. The summed E-state index contributed by atoms with van der Waals surface area (Å²) < 4.78 is 26.6. The molecule has 0 bridgehead atoms. The van der Waals surface area contributed by atoms with Crippen LogP contribution in [0.3, 0.4) is 0 Å². The standard InChI is InChI=1S/C30H36FN3O4/c1-18-5-6-20(16-25(18)31)15-19(2)34-26-12-11-21-13-14-33(30(36)38-4)17-24(21)27(26)32-28(34)22-7-9-23(10-8-22)29(35)37-3/h5-6,11-12,16,19,22-23H,7-10,13-15,17H2,1-4H3. The molecule has 2 heterocycles. The fraction of sp³-hybridized carbons (Fsp3) is 0.500. The topological polar surface area (TPSA) is 73.7 Å². The molecule has 2 aromatic carbocycles. The molecule has 1 aliphatic heterocycles. The van der Waals surface area contributed by atoms with Crippen LogP contribution in [0.4, 0.5) is 9.18 Å². The van der Waals surface area contributed by atoms with Gasteiger partial charge in [-0.3, -0.25) is 4.79 Å². The third kappa shape index (κ3) is 4.88. The zero-order valence-electron chi connectivity index (χ0n) is 22.6. The summed E-state index contributed by atoms with van der Waals surface area (Å²) >= 11 is 0. The molecule has 5 rings (SSSR count). The lowest BCUT2D eigenvalue weighted by molar-refractivity contribution is -0.146. The van der Waals surface area contributed by atoms with Gasteiger partial charge in [0, 0.05) is 24.1 Å². The first-order chi connectivity index (χ1) is 18.3. The van der Waals surface area contributed by atoms with Crippen LogP contribution in [0.5, 0.6) is 0 Å². The van der Waals surface area contributed by atoms with Gasteiger partial charge < -0.3 is 18.9 Å². The average molecular weight is 522 g/mol. The van der Waals surface area contributed by atoms with E-state index in [2.05, 4.69) is 23.6 Å². The Balaban J connectivity index is 1.55. The second-order valence-electron chi connectivity index (χ2n) is 10.8. The molecular formula is C30H36FN3O4. The third-order valence-corrected chi connectivity index (χ3v) is 8.36. The van der Waals surface area contributed by atoms with E-state index < -0.39 is 0 Å². The summed E-state index contributed by atoms with van der Waals surface area (Å²) in [4.78, 5) is 31.4. The molecular weight excluding hydrogens is 485 g/mol. The minimum atomic E-state index is -0.330. The van der Waals surface area contributed by atoms with E-state index in [9.17, 15) is 14.0 Å². The number of aromatic nitrogens is 2. The number of nitrogens with zero attached hydrogens (tertiary/aromatic N) is 3. The minimum absolute atomic E-state index is 0.0359. The van der Waals surface area contributed by atoms with Crippen LogP contribution in [0.15, 0.2) is 30.3 Å². The van der Waals surface area contributed by atoms with Gasteiger partial charge in [-0.15, -0.1) is 0 Å². The number of carbonyl (C=O) groups excluding carboxylic acids is 2. The fourth-order valence-corrected chi connectivity index (χ4v) is 6.20. The summed E-state index contributed by atoms with van der Waals surface area (Å²) in [5.41, 5.74) is 5.80. The number of benzene rings is 2. The van der Waals surface area contributed by atoms with E-state index in [4.69, 9.17) is 14.5 Å². The van der Waals surface area contributed by atoms with E-state index in [0.29, 0.717) is 25.1 Å². The number of carbonyl (C=O) groups is 2. The molecule has 8 heteroatoms. The number of aryl methyl sites for hydroxylation is 1. The molecule has 1 fully saturated rings. The molecule has 202 valence electrons. The lowest BCUT2D eigenvalue weighted by Gasteiger charge is -2.29. The van der Waals surface area contributed by atoms with Crippen molar-refractivity contribution in [2.24, 2.45) is 5.92 Å². The Morgan fingerprint density at radius 2 is 1.87 bits per heavy atom. The highest BCUT2D eigenvalue weighted by Crippen LogP contribution is 2.40. The van der Waals surface area contributed by atoms with E-state index in [-0.39, 0.29) is 35.8 Å². The fourth-order valence-electron chi connectivity index (χ4n) is 6.20. The number of rotatable bonds is 5. The van der Waals surface area contributed by atoms with Crippen LogP contribution in [0.2, 0.25) is 0 Å². The van der Waals surface area contributed by atoms with E-state index in [1.165, 1.54) is 19.8 Å². The number of ether oxygens (including phenoxy) is 2. The maximum atomic E-state index is 14.3. The van der Waals surface area contributed by atoms with Crippen molar-refractivity contribution < 1.29 is 23.5 Å². The van der Waals surface area contributed by atoms with Crippen LogP contribution in [-0.2, 0) is 33.7 Å². The second-order valence-corrected chi connectivity index (χ2v) is 10.8. The van der Waals surface area contributed by atoms with Crippen LogP contribution in [0.1, 0.15) is 72.6 Å². The smallest absolute Gasteiger partial charge is 0.409 e. The van der Waals surface area contributed by atoms with Crippen LogP contribution in [-0.4, -0.2) is 47.3 Å². The Hall–Kier alpha value is -3.42. The Bertz CT molecular complexity index is 1360. The average Bonchev–Trinajstić information content (AvgIpc) is 3.34. The molecule has 1 amide bonds. The van der Waals surface area contributed by atoms with Crippen molar-refractivity contribution >= 4 is 23.1 Å². The molecule has 38 heavy (non-hydrogen) atoms. The first kappa shape index (κ1) is 26.2. The number of hydrogen-bond donors (Lipinski definition) is 0. The SMILES string of the molecule is COC(=O)C1CCC(c2nc3c4c(ccc3n2C(C)Cc2ccc(C)c(F)c2)CCN(C(=O)OC)C4)CC1. The van der Waals surface area contributed by atoms with Crippen molar-refractivity contribution in [2.45, 2.75) is 70.9 Å². The van der Waals surface area contributed by atoms with Crippen molar-refractivity contribution in [3.05, 3.63) is 64.2 Å². The monoisotopic (exact) mass is 521 g/mol. The molecule has 2 aliphatic rings. The summed E-state index contributed by atoms with van der Waals surface area (Å²) in [6.07, 6.45) is 4.34. The summed E-state index contributed by atoms with van der Waals surface area (Å²) in [7, 11) is 2.86. The highest BCUT2D eigenvalue weighted by atomic mass is 19.1. The van der Waals surface area contributed by atoms with Crippen LogP contribution >= 0.6 is 0 Å². The summed E-state index contributed by atoms with van der Waals surface area (Å²) in [6, 6.07) is 9.78. The number of imidazole rings is 1. The molecule has 0 spiro atoms. The first-order valence-corrected chi connectivity index (χ1v) is 13.5. The van der Waals surface area contributed by atoms with Gasteiger partial charge in [0.25, 0.3) is 0 Å². The number of esters is 1. The molecule has 0 N–H and O–H groups in total. The molecule has 1 aromatic heterocycles. The van der Waals surface area contributed by atoms with Crippen molar-refractivity contribution in [1.29, 1.82) is 0 Å². The van der Waals surface area contributed by atoms with Gasteiger partial charge in [-0.05, 0) is 81.2 Å². The number of hydrogen-bond acceptors (Lipinski definition) is 5. The second kappa shape index (κ2) is 10.8. The lowest BCUT2D eigenvalue weighted by Crippen LogP contribution is -2.35. The van der Waals surface area contributed by atoms with E-state index in [0.717, 1.165) is 60.1 Å². The Labute approximate surface area is 222 Å². The lowest BCUT2D eigenvalue weighted by atomic mass is 9.81. The number of fused-ring (bicyclic) bond motifs is 3. The zero-order chi connectivity index (χ0) is 27.0. The van der Waals surface area contributed by atoms with Gasteiger partial charge in [-0.1, -0.05) is 18.2 Å². The van der Waals surface area contributed by atoms with Crippen LogP contribution in [0, 0.1) is 18.7 Å². The Morgan fingerprint density at radius 1 is 1.11 bits per heavy atom. The molecule has 1 atom stereocenters. The van der Waals surface area contributed by atoms with Crippen molar-refractivity contribution in [3.8, 4) is 0 Å². The predicted octanol–water partition coefficient (Wildman–Crippen LogP) is 5.86. The van der Waals surface area contributed by atoms with Gasteiger partial charge in [0.1, 0.15) is 11.6 Å². The maximum Gasteiger partial charge on any atom is 0.409 e. The van der Waals surface area contributed by atoms with Crippen LogP contribution in [0.25, 0.3) is 11.0 Å².